The van der Waals surface area contributed by atoms with Crippen molar-refractivity contribution >= 4 is 16.7 Å². The van der Waals surface area contributed by atoms with Crippen LogP contribution in [0.3, 0.4) is 0 Å². The van der Waals surface area contributed by atoms with E-state index in [0.29, 0.717) is 6.42 Å². The number of ketones is 1. The molecular weight excluding hydrogens is 428 g/mol. The van der Waals surface area contributed by atoms with Crippen LogP contribution >= 0.6 is 0 Å². The van der Waals surface area contributed by atoms with E-state index in [1.54, 1.807) is 0 Å². The van der Waals surface area contributed by atoms with Crippen LogP contribution in [0.4, 0.5) is 0 Å². The van der Waals surface area contributed by atoms with Crippen molar-refractivity contribution in [3.63, 3.8) is 0 Å². The van der Waals surface area contributed by atoms with Gasteiger partial charge in [-0.25, -0.2) is 0 Å². The van der Waals surface area contributed by atoms with Crippen LogP contribution in [0.5, 0.6) is 0 Å². The molecule has 35 heavy (non-hydrogen) atoms. The van der Waals surface area contributed by atoms with Gasteiger partial charge in [0.05, 0.1) is 5.92 Å². The standard InChI is InChI=1S/C32H30N2O/c1-21-13-15-22(16-14-21)31(26-20-33-27-12-8-7-11-24(26)27)28-17-25-29(18-32(2,3)19-30(25)35)34(28)23-9-5-4-6-10-23/h4-17,20,31,33H,18-19H2,1-3H3. The lowest BCUT2D eigenvalue weighted by Gasteiger charge is -2.30. The van der Waals surface area contributed by atoms with Gasteiger partial charge in [0.25, 0.3) is 0 Å². The highest BCUT2D eigenvalue weighted by Crippen LogP contribution is 2.43. The highest BCUT2D eigenvalue weighted by atomic mass is 16.1. The smallest absolute Gasteiger partial charge is 0.165 e. The quantitative estimate of drug-likeness (QED) is 0.296. The molecule has 0 amide bonds. The van der Waals surface area contributed by atoms with Crippen LogP contribution in [-0.4, -0.2) is 15.3 Å². The molecule has 2 aromatic heterocycles. The predicted octanol–water partition coefficient (Wildman–Crippen LogP) is 7.60. The third kappa shape index (κ3) is 3.72. The Labute approximate surface area is 206 Å². The monoisotopic (exact) mass is 458 g/mol. The van der Waals surface area contributed by atoms with Gasteiger partial charge in [-0.15, -0.1) is 0 Å². The largest absolute Gasteiger partial charge is 0.361 e. The fourth-order valence-electron chi connectivity index (χ4n) is 5.73. The zero-order chi connectivity index (χ0) is 24.2. The van der Waals surface area contributed by atoms with Crippen molar-refractivity contribution in [2.45, 2.75) is 39.5 Å². The van der Waals surface area contributed by atoms with E-state index in [-0.39, 0.29) is 17.1 Å². The van der Waals surface area contributed by atoms with Crippen LogP contribution in [0, 0.1) is 12.3 Å². The molecule has 2 heterocycles. The highest BCUT2D eigenvalue weighted by molar-refractivity contribution is 5.99. The van der Waals surface area contributed by atoms with E-state index in [2.05, 4.69) is 115 Å². The number of hydrogen-bond donors (Lipinski definition) is 1. The Kier molecular flexibility index (Phi) is 5.03. The van der Waals surface area contributed by atoms with Crippen LogP contribution in [0.2, 0.25) is 0 Å². The molecule has 0 saturated carbocycles. The van der Waals surface area contributed by atoms with Crippen molar-refractivity contribution in [2.24, 2.45) is 5.41 Å². The lowest BCUT2D eigenvalue weighted by atomic mass is 9.76. The zero-order valence-electron chi connectivity index (χ0n) is 20.5. The van der Waals surface area contributed by atoms with E-state index in [4.69, 9.17) is 0 Å². The first-order valence-corrected chi connectivity index (χ1v) is 12.4. The number of benzene rings is 3. The van der Waals surface area contributed by atoms with Crippen LogP contribution in [-0.2, 0) is 6.42 Å². The number of nitrogens with zero attached hydrogens (tertiary/aromatic N) is 1. The van der Waals surface area contributed by atoms with Gasteiger partial charge >= 0.3 is 0 Å². The summed E-state index contributed by atoms with van der Waals surface area (Å²) in [7, 11) is 0. The molecule has 174 valence electrons. The number of Topliss-reactive ketones (excluding diaryl/α,β-unsaturated/α-hetero) is 1. The van der Waals surface area contributed by atoms with E-state index in [1.807, 2.05) is 6.07 Å². The predicted molar refractivity (Wildman–Crippen MR) is 143 cm³/mol. The molecule has 1 aliphatic rings. The number of rotatable bonds is 4. The molecule has 0 aliphatic heterocycles. The van der Waals surface area contributed by atoms with Gasteiger partial charge in [0.2, 0.25) is 0 Å². The maximum Gasteiger partial charge on any atom is 0.165 e. The Balaban J connectivity index is 1.67. The summed E-state index contributed by atoms with van der Waals surface area (Å²) in [6.07, 6.45) is 3.60. The van der Waals surface area contributed by atoms with E-state index >= 15 is 0 Å². The van der Waals surface area contributed by atoms with E-state index in [9.17, 15) is 4.79 Å². The van der Waals surface area contributed by atoms with E-state index in [1.165, 1.54) is 22.1 Å². The molecule has 3 aromatic carbocycles. The summed E-state index contributed by atoms with van der Waals surface area (Å²) in [4.78, 5) is 16.9. The summed E-state index contributed by atoms with van der Waals surface area (Å²) in [5, 5.41) is 1.21. The number of carbonyl (C=O) groups excluding carboxylic acids is 1. The molecule has 5 aromatic rings. The van der Waals surface area contributed by atoms with Gasteiger partial charge in [-0.05, 0) is 54.2 Å². The summed E-state index contributed by atoms with van der Waals surface area (Å²) in [5.41, 5.74) is 8.99. The van der Waals surface area contributed by atoms with Gasteiger partial charge in [-0.3, -0.25) is 4.79 Å². The third-order valence-corrected chi connectivity index (χ3v) is 7.37. The molecule has 0 fully saturated rings. The number of hydrogen-bond acceptors (Lipinski definition) is 1. The third-order valence-electron chi connectivity index (χ3n) is 7.37. The van der Waals surface area contributed by atoms with Crippen molar-refractivity contribution in [2.75, 3.05) is 0 Å². The second kappa shape index (κ2) is 8.13. The number of aromatic amines is 1. The van der Waals surface area contributed by atoms with Gasteiger partial charge in [0.1, 0.15) is 0 Å². The minimum absolute atomic E-state index is 0.0199. The number of H-pyrrole nitrogens is 1. The first kappa shape index (κ1) is 21.7. The van der Waals surface area contributed by atoms with Crippen molar-refractivity contribution in [3.05, 3.63) is 125 Å². The van der Waals surface area contributed by atoms with Crippen molar-refractivity contribution in [1.82, 2.24) is 9.55 Å². The minimum atomic E-state index is -0.0631. The van der Waals surface area contributed by atoms with E-state index < -0.39 is 0 Å². The first-order chi connectivity index (χ1) is 16.9. The number of para-hydroxylation sites is 2. The SMILES string of the molecule is Cc1ccc(C(c2c[nH]c3ccccc23)c2cc3c(n2-c2ccccc2)CC(C)(C)CC3=O)cc1. The average molecular weight is 459 g/mol. The van der Waals surface area contributed by atoms with Crippen LogP contribution in [0.25, 0.3) is 16.6 Å². The Hall–Kier alpha value is -3.85. The van der Waals surface area contributed by atoms with Gasteiger partial charge in [-0.2, -0.15) is 0 Å². The number of aromatic nitrogens is 2. The Morgan fingerprint density at radius 3 is 2.37 bits per heavy atom. The molecule has 0 radical (unpaired) electrons. The van der Waals surface area contributed by atoms with Gasteiger partial charge < -0.3 is 9.55 Å². The number of carbonyl (C=O) groups is 1. The molecule has 3 heteroatoms. The van der Waals surface area contributed by atoms with Crippen molar-refractivity contribution in [1.29, 1.82) is 0 Å². The minimum Gasteiger partial charge on any atom is -0.361 e. The molecule has 1 unspecified atom stereocenters. The first-order valence-electron chi connectivity index (χ1n) is 12.4. The molecule has 1 aliphatic carbocycles. The Morgan fingerprint density at radius 2 is 1.60 bits per heavy atom. The maximum absolute atomic E-state index is 13.4. The molecule has 3 nitrogen and oxygen atoms in total. The fraction of sp³-hybridized carbons (Fsp3) is 0.219. The number of aryl methyl sites for hydroxylation is 1. The lowest BCUT2D eigenvalue weighted by Crippen LogP contribution is -2.28. The van der Waals surface area contributed by atoms with Crippen LogP contribution < -0.4 is 0 Å². The van der Waals surface area contributed by atoms with Gasteiger partial charge in [-0.1, -0.05) is 80.1 Å². The topological polar surface area (TPSA) is 37.8 Å². The Morgan fingerprint density at radius 1 is 0.886 bits per heavy atom. The molecular formula is C32H30N2O. The summed E-state index contributed by atoms with van der Waals surface area (Å²) < 4.78 is 2.36. The van der Waals surface area contributed by atoms with E-state index in [0.717, 1.165) is 34.6 Å². The van der Waals surface area contributed by atoms with Gasteiger partial charge in [0, 0.05) is 46.2 Å². The van der Waals surface area contributed by atoms with Crippen molar-refractivity contribution in [3.8, 4) is 5.69 Å². The fourth-order valence-corrected chi connectivity index (χ4v) is 5.73. The summed E-state index contributed by atoms with van der Waals surface area (Å²) in [5.74, 6) is 0.224. The maximum atomic E-state index is 13.4. The van der Waals surface area contributed by atoms with Crippen LogP contribution in [0.15, 0.2) is 91.1 Å². The number of nitrogens with one attached hydrogen (secondary N) is 1. The normalized spacial score (nSPS) is 15.8. The van der Waals surface area contributed by atoms with Crippen molar-refractivity contribution < 1.29 is 4.79 Å². The average Bonchev–Trinajstić information content (AvgIpc) is 3.43. The molecule has 1 N–H and O–H groups in total. The second-order valence-electron chi connectivity index (χ2n) is 10.7. The lowest BCUT2D eigenvalue weighted by molar-refractivity contribution is 0.0911. The molecule has 6 rings (SSSR count). The summed E-state index contributed by atoms with van der Waals surface area (Å²) >= 11 is 0. The molecule has 0 bridgehead atoms. The Bertz CT molecular complexity index is 1530. The number of fused-ring (bicyclic) bond motifs is 2. The molecule has 0 saturated heterocycles. The van der Waals surface area contributed by atoms with Crippen LogP contribution in [0.1, 0.15) is 64.6 Å². The molecule has 0 spiro atoms. The van der Waals surface area contributed by atoms with Gasteiger partial charge in [0.15, 0.2) is 5.78 Å². The second-order valence-corrected chi connectivity index (χ2v) is 10.7. The summed E-state index contributed by atoms with van der Waals surface area (Å²) in [6.45, 7) is 6.52. The molecule has 1 atom stereocenters. The summed E-state index contributed by atoms with van der Waals surface area (Å²) in [6, 6.07) is 30.0. The zero-order valence-corrected chi connectivity index (χ0v) is 20.5. The highest BCUT2D eigenvalue weighted by Gasteiger charge is 2.36.